The molecule has 0 saturated carbocycles. The third kappa shape index (κ3) is 3.79. The van der Waals surface area contributed by atoms with Gasteiger partial charge in [0.2, 0.25) is 10.0 Å². The molecule has 20 heavy (non-hydrogen) atoms. The zero-order valence-electron chi connectivity index (χ0n) is 11.8. The Kier molecular flexibility index (Phi) is 5.69. The highest BCUT2D eigenvalue weighted by Crippen LogP contribution is 2.19. The van der Waals surface area contributed by atoms with Gasteiger partial charge >= 0.3 is 0 Å². The second kappa shape index (κ2) is 6.84. The Morgan fingerprint density at radius 3 is 2.20 bits per heavy atom. The van der Waals surface area contributed by atoms with Gasteiger partial charge in [-0.1, -0.05) is 26.0 Å². The van der Waals surface area contributed by atoms with Crippen molar-refractivity contribution in [2.45, 2.75) is 43.5 Å². The molecule has 0 aromatic heterocycles. The summed E-state index contributed by atoms with van der Waals surface area (Å²) in [5.41, 5.74) is -0.0599. The van der Waals surface area contributed by atoms with Gasteiger partial charge in [0.05, 0.1) is 29.5 Å². The molecule has 0 atom stereocenters. The minimum absolute atomic E-state index is 0.138. The zero-order chi connectivity index (χ0) is 15.2. The van der Waals surface area contributed by atoms with Crippen molar-refractivity contribution in [1.29, 1.82) is 5.26 Å². The Morgan fingerprint density at radius 2 is 1.80 bits per heavy atom. The van der Waals surface area contributed by atoms with Gasteiger partial charge in [-0.2, -0.15) is 5.26 Å². The van der Waals surface area contributed by atoms with Gasteiger partial charge in [0.25, 0.3) is 0 Å². The molecule has 6 heteroatoms. The van der Waals surface area contributed by atoms with Crippen LogP contribution in [-0.4, -0.2) is 25.7 Å². The van der Waals surface area contributed by atoms with Crippen molar-refractivity contribution < 1.29 is 13.5 Å². The molecule has 2 N–H and O–H groups in total. The highest BCUT2D eigenvalue weighted by Gasteiger charge is 2.31. The van der Waals surface area contributed by atoms with E-state index in [0.717, 1.165) is 5.56 Å². The maximum atomic E-state index is 12.3. The summed E-state index contributed by atoms with van der Waals surface area (Å²) in [5, 5.41) is 18.0. The van der Waals surface area contributed by atoms with Crippen molar-refractivity contribution in [3.8, 4) is 6.07 Å². The molecule has 0 heterocycles. The second-order valence-electron chi connectivity index (χ2n) is 4.73. The number of aliphatic hydroxyl groups excluding tert-OH is 1. The number of sulfonamides is 1. The first-order valence-corrected chi connectivity index (χ1v) is 8.02. The average Bonchev–Trinajstić information content (AvgIpc) is 2.46. The lowest BCUT2D eigenvalue weighted by molar-refractivity contribution is 0.172. The molecular formula is C14H20N2O3S. The van der Waals surface area contributed by atoms with E-state index in [1.807, 2.05) is 19.9 Å². The largest absolute Gasteiger partial charge is 0.394 e. The van der Waals surface area contributed by atoms with E-state index in [2.05, 4.69) is 4.72 Å². The molecule has 5 nitrogen and oxygen atoms in total. The van der Waals surface area contributed by atoms with Crippen LogP contribution in [0, 0.1) is 11.3 Å². The number of nitrogens with one attached hydrogen (secondary N) is 1. The smallest absolute Gasteiger partial charge is 0.241 e. The molecule has 0 aliphatic heterocycles. The minimum atomic E-state index is -3.68. The Morgan fingerprint density at radius 1 is 1.25 bits per heavy atom. The number of hydrogen-bond donors (Lipinski definition) is 2. The van der Waals surface area contributed by atoms with Crippen LogP contribution in [0.2, 0.25) is 0 Å². The summed E-state index contributed by atoms with van der Waals surface area (Å²) < 4.78 is 27.2. The van der Waals surface area contributed by atoms with Crippen LogP contribution in [0.25, 0.3) is 0 Å². The van der Waals surface area contributed by atoms with Crippen LogP contribution in [0.4, 0.5) is 0 Å². The first-order valence-electron chi connectivity index (χ1n) is 6.53. The fourth-order valence-electron chi connectivity index (χ4n) is 1.87. The summed E-state index contributed by atoms with van der Waals surface area (Å²) in [6.45, 7) is 3.42. The van der Waals surface area contributed by atoms with Gasteiger partial charge < -0.3 is 5.11 Å². The van der Waals surface area contributed by atoms with Gasteiger partial charge in [-0.05, 0) is 30.5 Å². The highest BCUT2D eigenvalue weighted by atomic mass is 32.2. The Bertz CT molecular complexity index is 561. The molecule has 1 aromatic carbocycles. The zero-order valence-corrected chi connectivity index (χ0v) is 12.6. The van der Waals surface area contributed by atoms with Crippen molar-refractivity contribution in [1.82, 2.24) is 4.72 Å². The van der Waals surface area contributed by atoms with Crippen LogP contribution < -0.4 is 4.72 Å². The Labute approximate surface area is 120 Å². The van der Waals surface area contributed by atoms with Gasteiger partial charge in [0, 0.05) is 0 Å². The third-order valence-electron chi connectivity index (χ3n) is 3.52. The molecule has 0 unspecified atom stereocenters. The van der Waals surface area contributed by atoms with Gasteiger partial charge in [-0.3, -0.25) is 0 Å². The van der Waals surface area contributed by atoms with E-state index in [1.165, 1.54) is 12.1 Å². The molecule has 1 rings (SSSR count). The maximum absolute atomic E-state index is 12.3. The summed E-state index contributed by atoms with van der Waals surface area (Å²) in [7, 11) is -3.68. The van der Waals surface area contributed by atoms with Crippen LogP contribution in [0.1, 0.15) is 32.3 Å². The lowest BCUT2D eigenvalue weighted by Crippen LogP contribution is -2.50. The summed E-state index contributed by atoms with van der Waals surface area (Å²) in [6, 6.07) is 8.20. The molecular weight excluding hydrogens is 276 g/mol. The predicted octanol–water partition coefficient (Wildman–Crippen LogP) is 1.58. The van der Waals surface area contributed by atoms with E-state index in [-0.39, 0.29) is 17.9 Å². The lowest BCUT2D eigenvalue weighted by Gasteiger charge is -2.30. The number of nitrogens with zero attached hydrogens (tertiary/aromatic N) is 1. The maximum Gasteiger partial charge on any atom is 0.241 e. The van der Waals surface area contributed by atoms with Gasteiger partial charge in [-0.25, -0.2) is 13.1 Å². The minimum Gasteiger partial charge on any atom is -0.394 e. The molecule has 0 aliphatic rings. The van der Waals surface area contributed by atoms with Crippen molar-refractivity contribution in [3.05, 3.63) is 29.8 Å². The van der Waals surface area contributed by atoms with Crippen molar-refractivity contribution in [2.75, 3.05) is 6.61 Å². The van der Waals surface area contributed by atoms with E-state index < -0.39 is 15.6 Å². The molecule has 0 spiro atoms. The lowest BCUT2D eigenvalue weighted by atomic mass is 9.96. The van der Waals surface area contributed by atoms with Gasteiger partial charge in [-0.15, -0.1) is 0 Å². The normalized spacial score (nSPS) is 12.1. The number of aliphatic hydroxyl groups is 1. The molecule has 0 bridgehead atoms. The van der Waals surface area contributed by atoms with Crippen molar-refractivity contribution in [3.63, 3.8) is 0 Å². The van der Waals surface area contributed by atoms with E-state index in [4.69, 9.17) is 5.26 Å². The molecule has 0 amide bonds. The first kappa shape index (κ1) is 16.6. The standard InChI is InChI=1S/C14H20N2O3S/c1-3-14(4-2,11-17)16-20(18,19)13-7-5-12(6-8-13)9-10-15/h5-8,16-17H,3-4,9,11H2,1-2H3. The van der Waals surface area contributed by atoms with Crippen LogP contribution in [0.3, 0.4) is 0 Å². The van der Waals surface area contributed by atoms with Crippen LogP contribution in [0.15, 0.2) is 29.2 Å². The summed E-state index contributed by atoms with van der Waals surface area (Å²) in [6.07, 6.45) is 1.26. The van der Waals surface area contributed by atoms with E-state index in [1.54, 1.807) is 12.1 Å². The van der Waals surface area contributed by atoms with Crippen LogP contribution in [0.5, 0.6) is 0 Å². The van der Waals surface area contributed by atoms with Gasteiger partial charge in [0.15, 0.2) is 0 Å². The van der Waals surface area contributed by atoms with E-state index >= 15 is 0 Å². The Hall–Kier alpha value is -1.42. The average molecular weight is 296 g/mol. The summed E-state index contributed by atoms with van der Waals surface area (Å²) in [4.78, 5) is 0.138. The summed E-state index contributed by atoms with van der Waals surface area (Å²) >= 11 is 0. The van der Waals surface area contributed by atoms with Crippen molar-refractivity contribution in [2.24, 2.45) is 0 Å². The molecule has 0 radical (unpaired) electrons. The predicted molar refractivity (Wildman–Crippen MR) is 76.5 cm³/mol. The number of nitriles is 1. The molecule has 0 aliphatic carbocycles. The van der Waals surface area contributed by atoms with Crippen LogP contribution in [-0.2, 0) is 16.4 Å². The molecule has 110 valence electrons. The fraction of sp³-hybridized carbons (Fsp3) is 0.500. The van der Waals surface area contributed by atoms with Crippen molar-refractivity contribution >= 4 is 10.0 Å². The van der Waals surface area contributed by atoms with Gasteiger partial charge in [0.1, 0.15) is 0 Å². The number of rotatable bonds is 7. The third-order valence-corrected chi connectivity index (χ3v) is 5.12. The number of hydrogen-bond acceptors (Lipinski definition) is 4. The Balaban J connectivity index is 3.02. The first-order chi connectivity index (χ1) is 9.43. The SMILES string of the molecule is CCC(CC)(CO)NS(=O)(=O)c1ccc(CC#N)cc1. The molecule has 1 aromatic rings. The quantitative estimate of drug-likeness (QED) is 0.799. The number of benzene rings is 1. The molecule has 0 fully saturated rings. The van der Waals surface area contributed by atoms with E-state index in [0.29, 0.717) is 12.8 Å². The summed E-state index contributed by atoms with van der Waals surface area (Å²) in [5.74, 6) is 0. The van der Waals surface area contributed by atoms with Crippen LogP contribution >= 0.6 is 0 Å². The second-order valence-corrected chi connectivity index (χ2v) is 6.41. The fourth-order valence-corrected chi connectivity index (χ4v) is 3.41. The topological polar surface area (TPSA) is 90.2 Å². The van der Waals surface area contributed by atoms with E-state index in [9.17, 15) is 13.5 Å². The highest BCUT2D eigenvalue weighted by molar-refractivity contribution is 7.89. The monoisotopic (exact) mass is 296 g/mol. The molecule has 0 saturated heterocycles.